The van der Waals surface area contributed by atoms with E-state index in [4.69, 9.17) is 11.2 Å². The number of fused-ring (bicyclic) bond motifs is 1. The van der Waals surface area contributed by atoms with Crippen molar-refractivity contribution in [3.63, 3.8) is 0 Å². The zero-order valence-electron chi connectivity index (χ0n) is 12.8. The summed E-state index contributed by atoms with van der Waals surface area (Å²) in [6.07, 6.45) is 6.38. The van der Waals surface area contributed by atoms with Crippen LogP contribution in [0, 0.1) is 22.5 Å². The fourth-order valence-electron chi connectivity index (χ4n) is 2.63. The van der Waals surface area contributed by atoms with Gasteiger partial charge < -0.3 is 9.64 Å². The molecule has 2 aromatic rings. The minimum atomic E-state index is -0.615. The van der Waals surface area contributed by atoms with E-state index in [1.807, 2.05) is 29.2 Å². The molecule has 0 saturated heterocycles. The predicted molar refractivity (Wildman–Crippen MR) is 91.9 cm³/mol. The molecule has 0 saturated carbocycles. The third kappa shape index (κ3) is 3.12. The van der Waals surface area contributed by atoms with Gasteiger partial charge in [-0.3, -0.25) is 10.1 Å². The van der Waals surface area contributed by atoms with Crippen molar-refractivity contribution in [3.05, 3.63) is 69.8 Å². The average molecular weight is 321 g/mol. The Balaban J connectivity index is 1.97. The van der Waals surface area contributed by atoms with Crippen molar-refractivity contribution in [1.82, 2.24) is 0 Å². The van der Waals surface area contributed by atoms with Crippen molar-refractivity contribution < 1.29 is 9.66 Å². The lowest BCUT2D eigenvalue weighted by Crippen LogP contribution is -2.38. The monoisotopic (exact) mass is 321 g/mol. The molecule has 1 aliphatic rings. The van der Waals surface area contributed by atoms with Gasteiger partial charge in [0.05, 0.1) is 11.5 Å². The number of hydrogen-bond donors (Lipinski definition) is 0. The quantitative estimate of drug-likeness (QED) is 0.482. The molecule has 0 bridgehead atoms. The molecule has 120 valence electrons. The molecule has 1 unspecified atom stereocenters. The summed E-state index contributed by atoms with van der Waals surface area (Å²) in [5.41, 5.74) is 2.48. The van der Waals surface area contributed by atoms with Crippen LogP contribution in [0.2, 0.25) is 0 Å². The molecule has 0 aromatic heterocycles. The van der Waals surface area contributed by atoms with E-state index >= 15 is 0 Å². The molecular weight excluding hydrogens is 306 g/mol. The molecule has 0 aliphatic carbocycles. The van der Waals surface area contributed by atoms with Gasteiger partial charge in [0.2, 0.25) is 6.35 Å². The number of hydrogen-bond acceptors (Lipinski definition) is 5. The number of ether oxygens (including phenoxy) is 1. The molecule has 0 spiro atoms. The van der Waals surface area contributed by atoms with Crippen LogP contribution in [0.1, 0.15) is 11.1 Å². The molecular formula is C18H15N3O3. The van der Waals surface area contributed by atoms with Crippen LogP contribution in [0.25, 0.3) is 0 Å². The van der Waals surface area contributed by atoms with E-state index in [0.29, 0.717) is 12.1 Å². The lowest BCUT2D eigenvalue weighted by molar-refractivity contribution is -0.385. The van der Waals surface area contributed by atoms with Gasteiger partial charge in [-0.15, -0.1) is 6.42 Å². The first-order chi connectivity index (χ1) is 11.7. The highest BCUT2D eigenvalue weighted by Gasteiger charge is 2.26. The van der Waals surface area contributed by atoms with Gasteiger partial charge in [-0.2, -0.15) is 0 Å². The fourth-order valence-corrected chi connectivity index (χ4v) is 2.63. The van der Waals surface area contributed by atoms with E-state index in [9.17, 15) is 10.1 Å². The number of aliphatic imine (C=N–C) groups is 1. The first kappa shape index (κ1) is 15.7. The van der Waals surface area contributed by atoms with Crippen LogP contribution in [-0.2, 0) is 11.3 Å². The highest BCUT2D eigenvalue weighted by atomic mass is 16.6. The first-order valence-corrected chi connectivity index (χ1v) is 7.37. The van der Waals surface area contributed by atoms with Crippen molar-refractivity contribution in [2.45, 2.75) is 12.9 Å². The molecule has 6 heteroatoms. The maximum atomic E-state index is 11.3. The highest BCUT2D eigenvalue weighted by Crippen LogP contribution is 2.30. The topological polar surface area (TPSA) is 68.0 Å². The largest absolute Gasteiger partial charge is 0.326 e. The van der Waals surface area contributed by atoms with Crippen LogP contribution in [0.4, 0.5) is 11.4 Å². The van der Waals surface area contributed by atoms with Crippen LogP contribution < -0.4 is 4.90 Å². The van der Waals surface area contributed by atoms with Gasteiger partial charge in [-0.1, -0.05) is 42.3 Å². The van der Waals surface area contributed by atoms with Crippen molar-refractivity contribution in [1.29, 1.82) is 0 Å². The van der Waals surface area contributed by atoms with E-state index in [1.54, 1.807) is 24.4 Å². The van der Waals surface area contributed by atoms with Gasteiger partial charge in [0.15, 0.2) is 0 Å². The summed E-state index contributed by atoms with van der Waals surface area (Å²) in [7, 11) is 0. The summed E-state index contributed by atoms with van der Waals surface area (Å²) in [4.78, 5) is 17.1. The van der Waals surface area contributed by atoms with Crippen molar-refractivity contribution in [2.24, 2.45) is 4.99 Å². The van der Waals surface area contributed by atoms with Gasteiger partial charge in [0.1, 0.15) is 6.61 Å². The van der Waals surface area contributed by atoms with E-state index in [0.717, 1.165) is 11.3 Å². The number of para-hydroxylation sites is 2. The maximum Gasteiger partial charge on any atom is 0.274 e. The van der Waals surface area contributed by atoms with E-state index in [1.165, 1.54) is 6.07 Å². The third-order valence-electron chi connectivity index (χ3n) is 3.70. The molecule has 0 amide bonds. The van der Waals surface area contributed by atoms with E-state index in [-0.39, 0.29) is 17.2 Å². The average Bonchev–Trinajstić information content (AvgIpc) is 2.61. The summed E-state index contributed by atoms with van der Waals surface area (Å²) >= 11 is 0. The number of terminal acetylenes is 1. The molecule has 24 heavy (non-hydrogen) atoms. The van der Waals surface area contributed by atoms with Gasteiger partial charge in [0, 0.05) is 29.1 Å². The zero-order chi connectivity index (χ0) is 16.9. The summed E-state index contributed by atoms with van der Waals surface area (Å²) < 4.78 is 5.60. The number of nitro groups is 1. The standard InChI is InChI=1S/C18H15N3O3/c1-2-11-24-18-19-12-14-7-3-5-9-16(14)20(18)13-15-8-4-6-10-17(15)21(22)23/h1,3-10,12,18H,11,13H2. The highest BCUT2D eigenvalue weighted by molar-refractivity contribution is 5.90. The second kappa shape index (κ2) is 6.94. The smallest absolute Gasteiger partial charge is 0.274 e. The van der Waals surface area contributed by atoms with Gasteiger partial charge in [-0.25, -0.2) is 4.99 Å². The Morgan fingerprint density at radius 3 is 2.79 bits per heavy atom. The van der Waals surface area contributed by atoms with Crippen molar-refractivity contribution >= 4 is 17.6 Å². The second-order valence-corrected chi connectivity index (χ2v) is 5.19. The number of nitrogens with zero attached hydrogens (tertiary/aromatic N) is 3. The van der Waals surface area contributed by atoms with Crippen LogP contribution in [0.3, 0.4) is 0 Å². The minimum absolute atomic E-state index is 0.0697. The summed E-state index contributed by atoms with van der Waals surface area (Å²) in [5.74, 6) is 2.42. The van der Waals surface area contributed by atoms with Crippen LogP contribution in [-0.4, -0.2) is 24.1 Å². The molecule has 0 radical (unpaired) electrons. The molecule has 1 atom stereocenters. The molecule has 2 aromatic carbocycles. The van der Waals surface area contributed by atoms with Crippen molar-refractivity contribution in [3.8, 4) is 12.3 Å². The number of rotatable bonds is 5. The normalized spacial score (nSPS) is 15.6. The molecule has 1 aliphatic heterocycles. The van der Waals surface area contributed by atoms with Crippen LogP contribution in [0.15, 0.2) is 53.5 Å². The van der Waals surface area contributed by atoms with Gasteiger partial charge in [0.25, 0.3) is 5.69 Å². The molecule has 3 rings (SSSR count). The maximum absolute atomic E-state index is 11.3. The third-order valence-corrected chi connectivity index (χ3v) is 3.70. The Labute approximate surface area is 139 Å². The van der Waals surface area contributed by atoms with Crippen LogP contribution >= 0.6 is 0 Å². The van der Waals surface area contributed by atoms with Gasteiger partial charge in [-0.05, 0) is 6.07 Å². The SMILES string of the molecule is C#CCOC1N=Cc2ccccc2N1Cc1ccccc1[N+](=O)[O-]. The molecule has 6 nitrogen and oxygen atoms in total. The van der Waals surface area contributed by atoms with E-state index in [2.05, 4.69) is 10.9 Å². The first-order valence-electron chi connectivity index (χ1n) is 7.37. The Bertz CT molecular complexity index is 826. The molecule has 1 heterocycles. The number of anilines is 1. The number of benzene rings is 2. The zero-order valence-corrected chi connectivity index (χ0v) is 12.8. The summed E-state index contributed by atoms with van der Waals surface area (Å²) in [6.45, 7) is 0.401. The Morgan fingerprint density at radius 1 is 1.25 bits per heavy atom. The Kier molecular flexibility index (Phi) is 4.54. The Hall–Kier alpha value is -3.17. The minimum Gasteiger partial charge on any atom is -0.326 e. The van der Waals surface area contributed by atoms with Crippen molar-refractivity contribution in [2.75, 3.05) is 11.5 Å². The summed E-state index contributed by atoms with van der Waals surface area (Å²) in [5, 5.41) is 11.3. The second-order valence-electron chi connectivity index (χ2n) is 5.19. The fraction of sp³-hybridized carbons (Fsp3) is 0.167. The van der Waals surface area contributed by atoms with E-state index < -0.39 is 6.35 Å². The molecule has 0 N–H and O–H groups in total. The predicted octanol–water partition coefficient (Wildman–Crippen LogP) is 2.97. The molecule has 0 fully saturated rings. The number of nitro benzene ring substituents is 1. The summed E-state index contributed by atoms with van der Waals surface area (Å²) in [6, 6.07) is 14.3. The lowest BCUT2D eigenvalue weighted by atomic mass is 10.1. The van der Waals surface area contributed by atoms with Crippen LogP contribution in [0.5, 0.6) is 0 Å². The van der Waals surface area contributed by atoms with Gasteiger partial charge >= 0.3 is 0 Å². The Morgan fingerprint density at radius 2 is 2.00 bits per heavy atom. The lowest BCUT2D eigenvalue weighted by Gasteiger charge is -2.34.